The number of rotatable bonds is 6. The number of hydrogen-bond acceptors (Lipinski definition) is 6. The van der Waals surface area contributed by atoms with Crippen LogP contribution in [0.2, 0.25) is 5.02 Å². The van der Waals surface area contributed by atoms with Crippen LogP contribution < -0.4 is 10.2 Å². The minimum absolute atomic E-state index is 0.0953. The molecule has 25 heavy (non-hydrogen) atoms. The zero-order chi connectivity index (χ0) is 18.4. The molecule has 0 saturated carbocycles. The lowest BCUT2D eigenvalue weighted by Gasteiger charge is -2.12. The van der Waals surface area contributed by atoms with Crippen LogP contribution in [0.4, 0.5) is 5.69 Å². The topological polar surface area (TPSA) is 114 Å². The molecule has 0 radical (unpaired) electrons. The molecule has 130 valence electrons. The zero-order valence-corrected chi connectivity index (χ0v) is 13.8. The molecule has 8 nitrogen and oxygen atoms in total. The van der Waals surface area contributed by atoms with Gasteiger partial charge in [0.05, 0.1) is 11.1 Å². The van der Waals surface area contributed by atoms with Crippen LogP contribution in [0.25, 0.3) is 0 Å². The summed E-state index contributed by atoms with van der Waals surface area (Å²) < 4.78 is 5.42. The number of phenolic OH excluding ortho intramolecular Hbond substituents is 1. The fourth-order valence-electron chi connectivity index (χ4n) is 1.81. The first-order chi connectivity index (χ1) is 11.9. The van der Waals surface area contributed by atoms with E-state index >= 15 is 0 Å². The van der Waals surface area contributed by atoms with Gasteiger partial charge in [0, 0.05) is 22.7 Å². The summed E-state index contributed by atoms with van der Waals surface area (Å²) in [5.41, 5.74) is 2.12. The van der Waals surface area contributed by atoms with E-state index < -0.39 is 16.9 Å². The number of ether oxygens (including phenoxy) is 1. The highest BCUT2D eigenvalue weighted by molar-refractivity contribution is 6.30. The second-order valence-electron chi connectivity index (χ2n) is 4.95. The van der Waals surface area contributed by atoms with Gasteiger partial charge in [-0.05, 0) is 31.2 Å². The summed E-state index contributed by atoms with van der Waals surface area (Å²) in [6, 6.07) is 10.0. The minimum atomic E-state index is -0.852. The van der Waals surface area contributed by atoms with E-state index in [0.717, 1.165) is 18.3 Å². The fourth-order valence-corrected chi connectivity index (χ4v) is 1.99. The highest BCUT2D eigenvalue weighted by Crippen LogP contribution is 2.21. The summed E-state index contributed by atoms with van der Waals surface area (Å²) >= 11 is 5.83. The summed E-state index contributed by atoms with van der Waals surface area (Å²) in [5, 5.41) is 24.5. The van der Waals surface area contributed by atoms with Gasteiger partial charge in [-0.3, -0.25) is 14.9 Å². The standard InChI is InChI=1S/C16H14ClN3O5/c1-10(25-14-4-2-3-12(17)8-14)16(22)19-18-9-11-7-13(20(23)24)5-6-15(11)21/h2-10,21H,1H3,(H,19,22)/b18-9+. The van der Waals surface area contributed by atoms with Crippen molar-refractivity contribution in [1.29, 1.82) is 0 Å². The number of non-ortho nitro benzene ring substituents is 1. The predicted molar refractivity (Wildman–Crippen MR) is 92.0 cm³/mol. The van der Waals surface area contributed by atoms with Gasteiger partial charge in [0.2, 0.25) is 0 Å². The zero-order valence-electron chi connectivity index (χ0n) is 13.0. The number of benzene rings is 2. The second-order valence-corrected chi connectivity index (χ2v) is 5.39. The van der Waals surface area contributed by atoms with Crippen LogP contribution in [-0.2, 0) is 4.79 Å². The van der Waals surface area contributed by atoms with Crippen LogP contribution in [0, 0.1) is 10.1 Å². The fraction of sp³-hybridized carbons (Fsp3) is 0.125. The molecule has 0 aliphatic carbocycles. The van der Waals surface area contributed by atoms with Gasteiger partial charge in [-0.1, -0.05) is 17.7 Å². The van der Waals surface area contributed by atoms with E-state index in [1.807, 2.05) is 0 Å². The van der Waals surface area contributed by atoms with Gasteiger partial charge in [-0.2, -0.15) is 5.10 Å². The quantitative estimate of drug-likeness (QED) is 0.465. The van der Waals surface area contributed by atoms with Gasteiger partial charge in [0.25, 0.3) is 11.6 Å². The molecule has 0 bridgehead atoms. The van der Waals surface area contributed by atoms with E-state index in [0.29, 0.717) is 10.8 Å². The number of nitrogens with zero attached hydrogens (tertiary/aromatic N) is 2. The van der Waals surface area contributed by atoms with E-state index in [1.165, 1.54) is 13.0 Å². The van der Waals surface area contributed by atoms with Crippen LogP contribution in [0.3, 0.4) is 0 Å². The van der Waals surface area contributed by atoms with Crippen molar-refractivity contribution in [3.63, 3.8) is 0 Å². The van der Waals surface area contributed by atoms with Gasteiger partial charge in [-0.25, -0.2) is 5.43 Å². The van der Waals surface area contributed by atoms with Crippen molar-refractivity contribution in [1.82, 2.24) is 5.43 Å². The molecule has 9 heteroatoms. The lowest BCUT2D eigenvalue weighted by molar-refractivity contribution is -0.384. The van der Waals surface area contributed by atoms with Crippen molar-refractivity contribution in [2.75, 3.05) is 0 Å². The Bertz CT molecular complexity index is 825. The molecule has 1 unspecified atom stereocenters. The maximum atomic E-state index is 11.9. The summed E-state index contributed by atoms with van der Waals surface area (Å²) in [6.45, 7) is 1.52. The molecular formula is C16H14ClN3O5. The molecule has 0 aliphatic heterocycles. The van der Waals surface area contributed by atoms with E-state index in [-0.39, 0.29) is 17.0 Å². The molecule has 0 fully saturated rings. The summed E-state index contributed by atoms with van der Waals surface area (Å²) in [4.78, 5) is 22.0. The number of hydrazone groups is 1. The lowest BCUT2D eigenvalue weighted by atomic mass is 10.2. The molecule has 2 N–H and O–H groups in total. The number of carbonyl (C=O) groups excluding carboxylic acids is 1. The number of nitro groups is 1. The van der Waals surface area contributed by atoms with Crippen LogP contribution in [0.5, 0.6) is 11.5 Å². The highest BCUT2D eigenvalue weighted by atomic mass is 35.5. The SMILES string of the molecule is CC(Oc1cccc(Cl)c1)C(=O)N/N=C/c1cc([N+](=O)[O-])ccc1O. The monoisotopic (exact) mass is 363 g/mol. The summed E-state index contributed by atoms with van der Waals surface area (Å²) in [6.07, 6.45) is 0.251. The summed E-state index contributed by atoms with van der Waals surface area (Å²) in [5.74, 6) is -0.316. The van der Waals surface area contributed by atoms with E-state index in [1.54, 1.807) is 24.3 Å². The maximum Gasteiger partial charge on any atom is 0.280 e. The number of aromatic hydroxyl groups is 1. The number of amides is 1. The molecule has 2 aromatic carbocycles. The number of nitro benzene ring substituents is 1. The van der Waals surface area contributed by atoms with Crippen molar-refractivity contribution < 1.29 is 19.6 Å². The third kappa shape index (κ3) is 5.18. The minimum Gasteiger partial charge on any atom is -0.507 e. The Hall–Kier alpha value is -3.13. The van der Waals surface area contributed by atoms with Crippen LogP contribution in [0.15, 0.2) is 47.6 Å². The van der Waals surface area contributed by atoms with Gasteiger partial charge in [-0.15, -0.1) is 0 Å². The number of halogens is 1. The van der Waals surface area contributed by atoms with Gasteiger partial charge >= 0.3 is 0 Å². The largest absolute Gasteiger partial charge is 0.507 e. The number of phenols is 1. The second kappa shape index (κ2) is 8.11. The van der Waals surface area contributed by atoms with Gasteiger partial charge in [0.1, 0.15) is 11.5 Å². The van der Waals surface area contributed by atoms with Crippen molar-refractivity contribution in [3.8, 4) is 11.5 Å². The first-order valence-corrected chi connectivity index (χ1v) is 7.47. The Morgan fingerprint density at radius 1 is 1.40 bits per heavy atom. The van der Waals surface area contributed by atoms with Crippen molar-refractivity contribution in [3.05, 3.63) is 63.2 Å². The Morgan fingerprint density at radius 2 is 2.16 bits per heavy atom. The van der Waals surface area contributed by atoms with Crippen molar-refractivity contribution in [2.24, 2.45) is 5.10 Å². The number of nitrogens with one attached hydrogen (secondary N) is 1. The molecular weight excluding hydrogens is 350 g/mol. The molecule has 1 amide bonds. The maximum absolute atomic E-state index is 11.9. The third-order valence-corrected chi connectivity index (χ3v) is 3.31. The van der Waals surface area contributed by atoms with E-state index in [9.17, 15) is 20.0 Å². The molecule has 1 atom stereocenters. The third-order valence-electron chi connectivity index (χ3n) is 3.08. The smallest absolute Gasteiger partial charge is 0.280 e. The molecule has 0 heterocycles. The summed E-state index contributed by atoms with van der Waals surface area (Å²) in [7, 11) is 0. The van der Waals surface area contributed by atoms with E-state index in [4.69, 9.17) is 16.3 Å². The van der Waals surface area contributed by atoms with Gasteiger partial charge < -0.3 is 9.84 Å². The Morgan fingerprint density at radius 3 is 2.84 bits per heavy atom. The number of carbonyl (C=O) groups is 1. The molecule has 2 aromatic rings. The number of hydrogen-bond donors (Lipinski definition) is 2. The first-order valence-electron chi connectivity index (χ1n) is 7.09. The Kier molecular flexibility index (Phi) is 5.91. The normalized spacial score (nSPS) is 11.9. The van der Waals surface area contributed by atoms with Gasteiger partial charge in [0.15, 0.2) is 6.10 Å². The average molecular weight is 364 g/mol. The first kappa shape index (κ1) is 18.2. The van der Waals surface area contributed by atoms with Crippen molar-refractivity contribution >= 4 is 29.4 Å². The average Bonchev–Trinajstić information content (AvgIpc) is 2.56. The molecule has 0 aromatic heterocycles. The highest BCUT2D eigenvalue weighted by Gasteiger charge is 2.14. The van der Waals surface area contributed by atoms with Crippen LogP contribution in [0.1, 0.15) is 12.5 Å². The molecule has 0 saturated heterocycles. The van der Waals surface area contributed by atoms with Crippen molar-refractivity contribution in [2.45, 2.75) is 13.0 Å². The molecule has 2 rings (SSSR count). The Balaban J connectivity index is 1.98. The molecule has 0 spiro atoms. The van der Waals surface area contributed by atoms with Crippen LogP contribution in [-0.4, -0.2) is 28.3 Å². The predicted octanol–water partition coefficient (Wildman–Crippen LogP) is 2.87. The lowest BCUT2D eigenvalue weighted by Crippen LogP contribution is -2.33. The van der Waals surface area contributed by atoms with Crippen LogP contribution >= 0.6 is 11.6 Å². The molecule has 0 aliphatic rings. The Labute approximate surface area is 147 Å². The van der Waals surface area contributed by atoms with E-state index in [2.05, 4.69) is 10.5 Å².